The number of rotatable bonds is 9. The van der Waals surface area contributed by atoms with Crippen LogP contribution in [0.3, 0.4) is 0 Å². The van der Waals surface area contributed by atoms with Gasteiger partial charge in [0, 0.05) is 18.4 Å². The number of carbonyl (C=O) groups is 2. The maximum absolute atomic E-state index is 11.1. The van der Waals surface area contributed by atoms with Crippen molar-refractivity contribution in [3.05, 3.63) is 12.2 Å². The predicted octanol–water partition coefficient (Wildman–Crippen LogP) is 1.44. The number of esters is 1. The molecule has 0 heterocycles. The van der Waals surface area contributed by atoms with Gasteiger partial charge in [0.2, 0.25) is 0 Å². The number of hydrogen-bond donors (Lipinski definition) is 1. The minimum absolute atomic E-state index is 0.201. The molecule has 0 unspecified atom stereocenters. The van der Waals surface area contributed by atoms with E-state index < -0.39 is 5.97 Å². The fourth-order valence-electron chi connectivity index (χ4n) is 1.55. The average Bonchev–Trinajstić information content (AvgIpc) is 2.23. The first-order valence-corrected chi connectivity index (χ1v) is 6.11. The molecule has 0 spiro atoms. The molecule has 0 bridgehead atoms. The van der Waals surface area contributed by atoms with Crippen molar-refractivity contribution in [2.75, 3.05) is 33.8 Å². The van der Waals surface area contributed by atoms with E-state index in [2.05, 4.69) is 6.58 Å². The molecule has 0 aliphatic heterocycles. The van der Waals surface area contributed by atoms with Gasteiger partial charge in [0.15, 0.2) is 0 Å². The summed E-state index contributed by atoms with van der Waals surface area (Å²) < 4.78 is 5.73. The molecule has 5 nitrogen and oxygen atoms in total. The van der Waals surface area contributed by atoms with Crippen LogP contribution in [0.15, 0.2) is 12.2 Å². The Morgan fingerprint density at radius 2 is 1.78 bits per heavy atom. The zero-order valence-electron chi connectivity index (χ0n) is 11.6. The van der Waals surface area contributed by atoms with E-state index in [1.807, 2.05) is 14.1 Å². The Labute approximate surface area is 109 Å². The van der Waals surface area contributed by atoms with Crippen LogP contribution >= 0.6 is 0 Å². The molecular formula is C13H24NO4+. The van der Waals surface area contributed by atoms with Crippen LogP contribution in [0.2, 0.25) is 0 Å². The van der Waals surface area contributed by atoms with Crippen molar-refractivity contribution in [2.24, 2.45) is 0 Å². The summed E-state index contributed by atoms with van der Waals surface area (Å²) in [6, 6.07) is 0. The highest BCUT2D eigenvalue weighted by Gasteiger charge is 2.15. The van der Waals surface area contributed by atoms with Gasteiger partial charge < -0.3 is 14.3 Å². The summed E-state index contributed by atoms with van der Waals surface area (Å²) in [5, 5.41) is 8.56. The fraction of sp³-hybridized carbons (Fsp3) is 0.692. The van der Waals surface area contributed by atoms with E-state index in [4.69, 9.17) is 9.84 Å². The summed E-state index contributed by atoms with van der Waals surface area (Å²) in [6.07, 6.45) is 1.62. The highest BCUT2D eigenvalue weighted by atomic mass is 16.5. The van der Waals surface area contributed by atoms with E-state index in [0.717, 1.165) is 24.0 Å². The summed E-state index contributed by atoms with van der Waals surface area (Å²) >= 11 is 0. The molecular weight excluding hydrogens is 234 g/mol. The van der Waals surface area contributed by atoms with Gasteiger partial charge >= 0.3 is 11.9 Å². The van der Waals surface area contributed by atoms with Crippen molar-refractivity contribution in [3.63, 3.8) is 0 Å². The zero-order valence-corrected chi connectivity index (χ0v) is 11.6. The van der Waals surface area contributed by atoms with Gasteiger partial charge in [-0.15, -0.1) is 0 Å². The molecule has 5 heteroatoms. The van der Waals surface area contributed by atoms with Crippen LogP contribution in [0, 0.1) is 0 Å². The van der Waals surface area contributed by atoms with E-state index in [1.165, 1.54) is 0 Å². The van der Waals surface area contributed by atoms with E-state index in [1.54, 1.807) is 6.92 Å². The molecule has 0 amide bonds. The zero-order chi connectivity index (χ0) is 14.2. The van der Waals surface area contributed by atoms with Crippen molar-refractivity contribution in [3.8, 4) is 0 Å². The molecule has 1 N–H and O–H groups in total. The molecule has 0 aromatic rings. The molecule has 0 aromatic carbocycles. The van der Waals surface area contributed by atoms with Gasteiger partial charge in [0.05, 0.1) is 40.2 Å². The van der Waals surface area contributed by atoms with Crippen molar-refractivity contribution in [2.45, 2.75) is 26.2 Å². The summed E-state index contributed by atoms with van der Waals surface area (Å²) in [6.45, 7) is 7.16. The average molecular weight is 258 g/mol. The Balaban J connectivity index is 3.73. The molecule has 0 radical (unpaired) electrons. The van der Waals surface area contributed by atoms with E-state index >= 15 is 0 Å². The highest BCUT2D eigenvalue weighted by Crippen LogP contribution is 2.04. The third-order valence-electron chi connectivity index (χ3n) is 2.64. The van der Waals surface area contributed by atoms with Crippen LogP contribution in [-0.2, 0) is 14.3 Å². The Bertz CT molecular complexity index is 310. The summed E-state index contributed by atoms with van der Waals surface area (Å²) in [5.41, 5.74) is 0.408. The molecule has 0 aliphatic carbocycles. The quantitative estimate of drug-likeness (QED) is 0.294. The lowest BCUT2D eigenvalue weighted by molar-refractivity contribution is -0.890. The summed E-state index contributed by atoms with van der Waals surface area (Å²) in [4.78, 5) is 21.5. The van der Waals surface area contributed by atoms with Gasteiger partial charge in [0.25, 0.3) is 0 Å². The molecule has 0 saturated heterocycles. The third kappa shape index (κ3) is 8.75. The summed E-state index contributed by atoms with van der Waals surface area (Å²) in [7, 11) is 4.09. The maximum Gasteiger partial charge on any atom is 0.333 e. The molecule has 0 aromatic heterocycles. The first-order valence-electron chi connectivity index (χ1n) is 6.11. The number of carboxylic acid groups (broad SMARTS) is 1. The van der Waals surface area contributed by atoms with Crippen LogP contribution in [0.4, 0.5) is 0 Å². The SMILES string of the molecule is C=C(C)C(=O)OCCC[N+](C)(C)CCCC(=O)O. The number of ether oxygens (including phenoxy) is 1. The topological polar surface area (TPSA) is 63.6 Å². The van der Waals surface area contributed by atoms with Crippen LogP contribution in [-0.4, -0.2) is 55.3 Å². The molecule has 0 atom stereocenters. The second-order valence-electron chi connectivity index (χ2n) is 5.15. The largest absolute Gasteiger partial charge is 0.481 e. The molecule has 0 fully saturated rings. The number of hydrogen-bond acceptors (Lipinski definition) is 3. The Kier molecular flexibility index (Phi) is 7.27. The monoisotopic (exact) mass is 258 g/mol. The Morgan fingerprint density at radius 3 is 2.28 bits per heavy atom. The van der Waals surface area contributed by atoms with E-state index in [9.17, 15) is 9.59 Å². The minimum Gasteiger partial charge on any atom is -0.481 e. The molecule has 0 aliphatic rings. The number of quaternary nitrogens is 1. The molecule has 18 heavy (non-hydrogen) atoms. The van der Waals surface area contributed by atoms with Crippen LogP contribution in [0.25, 0.3) is 0 Å². The third-order valence-corrected chi connectivity index (χ3v) is 2.64. The maximum atomic E-state index is 11.1. The van der Waals surface area contributed by atoms with Gasteiger partial charge in [0.1, 0.15) is 0 Å². The van der Waals surface area contributed by atoms with Crippen molar-refractivity contribution in [1.29, 1.82) is 0 Å². The standard InChI is InChI=1S/C13H23NO4/c1-11(2)13(17)18-10-6-9-14(3,4)8-5-7-12(15)16/h1,5-10H2,2-4H3/p+1. The van der Waals surface area contributed by atoms with Gasteiger partial charge in [-0.2, -0.15) is 0 Å². The van der Waals surface area contributed by atoms with Crippen molar-refractivity contribution < 1.29 is 23.9 Å². The van der Waals surface area contributed by atoms with Crippen LogP contribution < -0.4 is 0 Å². The number of nitrogens with zero attached hydrogens (tertiary/aromatic N) is 1. The predicted molar refractivity (Wildman–Crippen MR) is 69.1 cm³/mol. The van der Waals surface area contributed by atoms with E-state index in [-0.39, 0.29) is 12.4 Å². The van der Waals surface area contributed by atoms with Gasteiger partial charge in [-0.3, -0.25) is 4.79 Å². The first-order chi connectivity index (χ1) is 8.24. The smallest absolute Gasteiger partial charge is 0.333 e. The molecule has 0 saturated carbocycles. The summed E-state index contributed by atoms with van der Waals surface area (Å²) in [5.74, 6) is -1.11. The van der Waals surface area contributed by atoms with Gasteiger partial charge in [-0.1, -0.05) is 6.58 Å². The Hall–Kier alpha value is -1.36. The van der Waals surface area contributed by atoms with E-state index in [0.29, 0.717) is 18.6 Å². The van der Waals surface area contributed by atoms with Crippen molar-refractivity contribution in [1.82, 2.24) is 0 Å². The number of aliphatic carboxylic acids is 1. The van der Waals surface area contributed by atoms with Gasteiger partial charge in [-0.05, 0) is 6.92 Å². The lowest BCUT2D eigenvalue weighted by Crippen LogP contribution is -2.41. The number of carbonyl (C=O) groups excluding carboxylic acids is 1. The molecule has 0 rings (SSSR count). The van der Waals surface area contributed by atoms with Crippen LogP contribution in [0.5, 0.6) is 0 Å². The van der Waals surface area contributed by atoms with Gasteiger partial charge in [-0.25, -0.2) is 4.79 Å². The molecule has 104 valence electrons. The Morgan fingerprint density at radius 1 is 1.22 bits per heavy atom. The second-order valence-corrected chi connectivity index (χ2v) is 5.15. The number of carboxylic acids is 1. The van der Waals surface area contributed by atoms with Crippen LogP contribution in [0.1, 0.15) is 26.2 Å². The lowest BCUT2D eigenvalue weighted by Gasteiger charge is -2.29. The minimum atomic E-state index is -0.759. The van der Waals surface area contributed by atoms with Crippen molar-refractivity contribution >= 4 is 11.9 Å². The highest BCUT2D eigenvalue weighted by molar-refractivity contribution is 5.86. The second kappa shape index (κ2) is 7.87. The normalized spacial score (nSPS) is 11.1. The first kappa shape index (κ1) is 16.6. The lowest BCUT2D eigenvalue weighted by atomic mass is 10.2. The fourth-order valence-corrected chi connectivity index (χ4v) is 1.55.